The molecule has 18 heavy (non-hydrogen) atoms. The van der Waals surface area contributed by atoms with Gasteiger partial charge < -0.3 is 10.6 Å². The summed E-state index contributed by atoms with van der Waals surface area (Å²) in [6.07, 6.45) is 1.02. The molecule has 0 atom stereocenters. The molecule has 6 nitrogen and oxygen atoms in total. The van der Waals surface area contributed by atoms with Gasteiger partial charge in [-0.25, -0.2) is 4.98 Å². The van der Waals surface area contributed by atoms with Gasteiger partial charge in [0, 0.05) is 20.0 Å². The SMILES string of the molecule is CC.CC.CNCCc1n[nH]c(CC(=O)NC)n1. The van der Waals surface area contributed by atoms with Gasteiger partial charge in [-0.1, -0.05) is 27.7 Å². The molecule has 0 fully saturated rings. The Morgan fingerprint density at radius 1 is 1.22 bits per heavy atom. The van der Waals surface area contributed by atoms with Crippen molar-refractivity contribution in [2.24, 2.45) is 0 Å². The van der Waals surface area contributed by atoms with E-state index >= 15 is 0 Å². The monoisotopic (exact) mass is 257 g/mol. The molecule has 0 saturated carbocycles. The van der Waals surface area contributed by atoms with Crippen molar-refractivity contribution >= 4 is 5.91 Å². The van der Waals surface area contributed by atoms with Gasteiger partial charge in [0.2, 0.25) is 5.91 Å². The standard InChI is InChI=1S/C8H15N5O.2C2H6/c1-9-4-3-6-11-7(13-12-6)5-8(14)10-2;2*1-2/h9H,3-5H2,1-2H3,(H,10,14)(H,11,12,13);2*1-2H3. The predicted molar refractivity (Wildman–Crippen MR) is 74.5 cm³/mol. The van der Waals surface area contributed by atoms with Gasteiger partial charge in [0.25, 0.3) is 0 Å². The minimum atomic E-state index is -0.0682. The van der Waals surface area contributed by atoms with Crippen LogP contribution in [-0.2, 0) is 17.6 Å². The smallest absolute Gasteiger partial charge is 0.227 e. The number of hydrogen-bond acceptors (Lipinski definition) is 4. The molecule has 6 heteroatoms. The minimum Gasteiger partial charge on any atom is -0.359 e. The summed E-state index contributed by atoms with van der Waals surface area (Å²) in [7, 11) is 3.47. The lowest BCUT2D eigenvalue weighted by Crippen LogP contribution is -2.20. The zero-order valence-electron chi connectivity index (χ0n) is 12.4. The number of carbonyl (C=O) groups excluding carboxylic acids is 1. The van der Waals surface area contributed by atoms with E-state index in [-0.39, 0.29) is 12.3 Å². The van der Waals surface area contributed by atoms with Gasteiger partial charge in [0.1, 0.15) is 5.82 Å². The number of amides is 1. The molecule has 1 rings (SSSR count). The Morgan fingerprint density at radius 2 is 1.83 bits per heavy atom. The van der Waals surface area contributed by atoms with Crippen LogP contribution in [-0.4, -0.2) is 41.7 Å². The lowest BCUT2D eigenvalue weighted by atomic mass is 10.4. The first kappa shape index (κ1) is 18.9. The average molecular weight is 257 g/mol. The molecule has 1 heterocycles. The Bertz CT molecular complexity index is 298. The molecule has 0 spiro atoms. The molecule has 1 amide bonds. The molecular weight excluding hydrogens is 230 g/mol. The van der Waals surface area contributed by atoms with Gasteiger partial charge in [-0.05, 0) is 7.05 Å². The summed E-state index contributed by atoms with van der Waals surface area (Å²) in [5.41, 5.74) is 0. The maximum absolute atomic E-state index is 11.0. The first-order valence-electron chi connectivity index (χ1n) is 6.51. The van der Waals surface area contributed by atoms with Crippen molar-refractivity contribution in [2.75, 3.05) is 20.6 Å². The lowest BCUT2D eigenvalue weighted by molar-refractivity contribution is -0.120. The molecule has 0 saturated heterocycles. The van der Waals surface area contributed by atoms with E-state index in [2.05, 4.69) is 25.8 Å². The van der Waals surface area contributed by atoms with Crippen molar-refractivity contribution < 1.29 is 4.79 Å². The van der Waals surface area contributed by atoms with Crippen LogP contribution in [0.15, 0.2) is 0 Å². The minimum absolute atomic E-state index is 0.0682. The van der Waals surface area contributed by atoms with Gasteiger partial charge in [-0.3, -0.25) is 9.89 Å². The fourth-order valence-corrected chi connectivity index (χ4v) is 1.00. The van der Waals surface area contributed by atoms with E-state index in [0.717, 1.165) is 18.8 Å². The first-order valence-corrected chi connectivity index (χ1v) is 6.51. The van der Waals surface area contributed by atoms with E-state index in [1.165, 1.54) is 0 Å². The highest BCUT2D eigenvalue weighted by Crippen LogP contribution is 1.94. The number of likely N-dealkylation sites (N-methyl/N-ethyl adjacent to an activating group) is 2. The highest BCUT2D eigenvalue weighted by Gasteiger charge is 2.06. The molecule has 0 aliphatic heterocycles. The molecule has 0 bridgehead atoms. The first-order chi connectivity index (χ1) is 8.76. The molecule has 0 aliphatic carbocycles. The van der Waals surface area contributed by atoms with Crippen LogP contribution >= 0.6 is 0 Å². The van der Waals surface area contributed by atoms with E-state index < -0.39 is 0 Å². The number of aromatic nitrogens is 3. The third-order valence-corrected chi connectivity index (χ3v) is 1.78. The molecule has 1 aromatic rings. The number of aromatic amines is 1. The van der Waals surface area contributed by atoms with Gasteiger partial charge in [0.05, 0.1) is 6.42 Å². The molecule has 0 aliphatic rings. The largest absolute Gasteiger partial charge is 0.359 e. The average Bonchev–Trinajstić information content (AvgIpc) is 2.88. The van der Waals surface area contributed by atoms with Gasteiger partial charge in [-0.15, -0.1) is 0 Å². The summed E-state index contributed by atoms with van der Waals surface area (Å²) in [5, 5.41) is 12.2. The van der Waals surface area contributed by atoms with Gasteiger partial charge in [-0.2, -0.15) is 5.10 Å². The normalized spacial score (nSPS) is 8.56. The van der Waals surface area contributed by atoms with Gasteiger partial charge >= 0.3 is 0 Å². The molecule has 0 radical (unpaired) electrons. The van der Waals surface area contributed by atoms with Crippen molar-refractivity contribution in [3.63, 3.8) is 0 Å². The number of carbonyl (C=O) groups is 1. The fourth-order valence-electron chi connectivity index (χ4n) is 1.00. The van der Waals surface area contributed by atoms with Crippen molar-refractivity contribution in [2.45, 2.75) is 40.5 Å². The Balaban J connectivity index is 0. The second-order valence-corrected chi connectivity index (χ2v) is 2.90. The highest BCUT2D eigenvalue weighted by atomic mass is 16.1. The number of rotatable bonds is 5. The summed E-state index contributed by atoms with van der Waals surface area (Å²) in [6.45, 7) is 8.83. The Kier molecular flexibility index (Phi) is 14.3. The number of nitrogens with one attached hydrogen (secondary N) is 3. The summed E-state index contributed by atoms with van der Waals surface area (Å²) in [6, 6.07) is 0. The van der Waals surface area contributed by atoms with Crippen molar-refractivity contribution in [3.05, 3.63) is 11.6 Å². The third kappa shape index (κ3) is 8.69. The second kappa shape index (κ2) is 13.6. The zero-order valence-corrected chi connectivity index (χ0v) is 12.4. The van der Waals surface area contributed by atoms with Crippen LogP contribution in [0.25, 0.3) is 0 Å². The maximum Gasteiger partial charge on any atom is 0.227 e. The molecule has 0 unspecified atom stereocenters. The van der Waals surface area contributed by atoms with E-state index in [1.807, 2.05) is 34.7 Å². The van der Waals surface area contributed by atoms with Crippen LogP contribution in [0.5, 0.6) is 0 Å². The number of hydrogen-bond donors (Lipinski definition) is 3. The predicted octanol–water partition coefficient (Wildman–Crippen LogP) is 0.908. The van der Waals surface area contributed by atoms with E-state index in [9.17, 15) is 4.79 Å². The number of nitrogens with zero attached hydrogens (tertiary/aromatic N) is 2. The summed E-state index contributed by atoms with van der Waals surface area (Å²) in [5.74, 6) is 1.27. The van der Waals surface area contributed by atoms with Gasteiger partial charge in [0.15, 0.2) is 5.82 Å². The molecule has 1 aromatic heterocycles. The van der Waals surface area contributed by atoms with Crippen LogP contribution in [0.4, 0.5) is 0 Å². The van der Waals surface area contributed by atoms with E-state index in [4.69, 9.17) is 0 Å². The van der Waals surface area contributed by atoms with Crippen LogP contribution in [0.3, 0.4) is 0 Å². The number of H-pyrrole nitrogens is 1. The lowest BCUT2D eigenvalue weighted by Gasteiger charge is -1.94. The maximum atomic E-state index is 11.0. The fraction of sp³-hybridized carbons (Fsp3) is 0.750. The van der Waals surface area contributed by atoms with Crippen LogP contribution in [0, 0.1) is 0 Å². The summed E-state index contributed by atoms with van der Waals surface area (Å²) < 4.78 is 0. The highest BCUT2D eigenvalue weighted by molar-refractivity contribution is 5.77. The molecule has 3 N–H and O–H groups in total. The van der Waals surface area contributed by atoms with Crippen LogP contribution < -0.4 is 10.6 Å². The summed E-state index contributed by atoms with van der Waals surface area (Å²) in [4.78, 5) is 15.2. The Morgan fingerprint density at radius 3 is 2.33 bits per heavy atom. The van der Waals surface area contributed by atoms with Crippen molar-refractivity contribution in [1.29, 1.82) is 0 Å². The molecular formula is C12H27N5O. The Labute approximate surface area is 110 Å². The van der Waals surface area contributed by atoms with Crippen molar-refractivity contribution in [1.82, 2.24) is 25.8 Å². The molecule has 0 aromatic carbocycles. The quantitative estimate of drug-likeness (QED) is 0.732. The second-order valence-electron chi connectivity index (χ2n) is 2.90. The van der Waals surface area contributed by atoms with E-state index in [0.29, 0.717) is 5.82 Å². The van der Waals surface area contributed by atoms with Crippen LogP contribution in [0.2, 0.25) is 0 Å². The molecule has 106 valence electrons. The third-order valence-electron chi connectivity index (χ3n) is 1.78. The topological polar surface area (TPSA) is 82.7 Å². The van der Waals surface area contributed by atoms with Crippen LogP contribution in [0.1, 0.15) is 39.3 Å². The Hall–Kier alpha value is -1.43. The zero-order chi connectivity index (χ0) is 14.4. The van der Waals surface area contributed by atoms with Crippen molar-refractivity contribution in [3.8, 4) is 0 Å². The van der Waals surface area contributed by atoms with E-state index in [1.54, 1.807) is 7.05 Å². The summed E-state index contributed by atoms with van der Waals surface area (Å²) >= 11 is 0.